The molecule has 2 aliphatic rings. The van der Waals surface area contributed by atoms with Gasteiger partial charge in [-0.2, -0.15) is 0 Å². The first-order chi connectivity index (χ1) is 17.0. The lowest BCUT2D eigenvalue weighted by Crippen LogP contribution is -2.45. The Bertz CT molecular complexity index is 1290. The van der Waals surface area contributed by atoms with E-state index in [4.69, 9.17) is 9.97 Å². The Balaban J connectivity index is 1.45. The number of benzene rings is 2. The molecule has 0 atom stereocenters. The topological polar surface area (TPSA) is 95.5 Å². The van der Waals surface area contributed by atoms with Crippen LogP contribution in [0, 0.1) is 0 Å². The van der Waals surface area contributed by atoms with Gasteiger partial charge >= 0.3 is 6.03 Å². The van der Waals surface area contributed by atoms with Gasteiger partial charge in [0.05, 0.1) is 17.1 Å². The van der Waals surface area contributed by atoms with Gasteiger partial charge in [0.15, 0.2) is 5.82 Å². The number of nitrogens with one attached hydrogen (secondary N) is 1. The summed E-state index contributed by atoms with van der Waals surface area (Å²) >= 11 is 0. The van der Waals surface area contributed by atoms with Crippen LogP contribution in [0.1, 0.15) is 36.9 Å². The summed E-state index contributed by atoms with van der Waals surface area (Å²) in [5.41, 5.74) is 2.79. The maximum Gasteiger partial charge on any atom is 0.331 e. The third-order valence-corrected chi connectivity index (χ3v) is 7.87. The smallest absolute Gasteiger partial charge is 0.331 e. The number of anilines is 1. The number of aromatic nitrogens is 2. The van der Waals surface area contributed by atoms with Crippen LogP contribution in [0.15, 0.2) is 65.6 Å². The normalized spacial score (nSPS) is 16.3. The van der Waals surface area contributed by atoms with E-state index in [1.165, 1.54) is 29.9 Å². The highest BCUT2D eigenvalue weighted by Crippen LogP contribution is 2.31. The highest BCUT2D eigenvalue weighted by atomic mass is 32.2. The number of hydrogen-bond acceptors (Lipinski definition) is 6. The van der Waals surface area contributed by atoms with Crippen LogP contribution in [0.25, 0.3) is 11.4 Å². The summed E-state index contributed by atoms with van der Waals surface area (Å²) in [6.07, 6.45) is 5.12. The molecule has 0 unspecified atom stereocenters. The molecule has 2 aliphatic heterocycles. The zero-order valence-corrected chi connectivity index (χ0v) is 20.4. The summed E-state index contributed by atoms with van der Waals surface area (Å²) in [6.45, 7) is 2.47. The van der Waals surface area contributed by atoms with Crippen LogP contribution >= 0.6 is 0 Å². The van der Waals surface area contributed by atoms with Crippen molar-refractivity contribution >= 4 is 21.9 Å². The van der Waals surface area contributed by atoms with E-state index >= 15 is 0 Å². The molecule has 1 saturated heterocycles. The maximum absolute atomic E-state index is 13.0. The number of rotatable bonds is 4. The SMILES string of the molecule is O=C(NS(=O)(=O)c1ccccc1)N1CCc2nc(-c3ccccc3)nc(N3CCCCCC3)c2C1. The van der Waals surface area contributed by atoms with Crippen molar-refractivity contribution in [2.24, 2.45) is 0 Å². The summed E-state index contributed by atoms with van der Waals surface area (Å²) in [5.74, 6) is 1.55. The molecule has 0 bridgehead atoms. The van der Waals surface area contributed by atoms with Gasteiger partial charge in [-0.1, -0.05) is 61.4 Å². The van der Waals surface area contributed by atoms with Crippen molar-refractivity contribution in [2.45, 2.75) is 43.5 Å². The van der Waals surface area contributed by atoms with Crippen molar-refractivity contribution in [3.05, 3.63) is 71.9 Å². The molecule has 182 valence electrons. The van der Waals surface area contributed by atoms with Crippen molar-refractivity contribution in [2.75, 3.05) is 24.5 Å². The van der Waals surface area contributed by atoms with Gasteiger partial charge in [-0.25, -0.2) is 27.9 Å². The van der Waals surface area contributed by atoms with Crippen LogP contribution in [0.5, 0.6) is 0 Å². The number of sulfonamides is 1. The first-order valence-electron chi connectivity index (χ1n) is 12.1. The Morgan fingerprint density at radius 3 is 2.17 bits per heavy atom. The quantitative estimate of drug-likeness (QED) is 0.593. The summed E-state index contributed by atoms with van der Waals surface area (Å²) in [5, 5.41) is 0. The fourth-order valence-corrected chi connectivity index (χ4v) is 5.66. The van der Waals surface area contributed by atoms with E-state index in [1.807, 2.05) is 30.3 Å². The molecule has 2 amide bonds. The molecule has 3 aromatic rings. The summed E-state index contributed by atoms with van der Waals surface area (Å²) in [4.78, 5) is 26.8. The van der Waals surface area contributed by atoms with Gasteiger partial charge in [-0.3, -0.25) is 0 Å². The predicted octanol–water partition coefficient (Wildman–Crippen LogP) is 3.98. The largest absolute Gasteiger partial charge is 0.356 e. The fraction of sp³-hybridized carbons (Fsp3) is 0.346. The van der Waals surface area contributed by atoms with Gasteiger partial charge in [0, 0.05) is 37.2 Å². The lowest BCUT2D eigenvalue weighted by atomic mass is 10.0. The average molecular weight is 492 g/mol. The summed E-state index contributed by atoms with van der Waals surface area (Å²) < 4.78 is 27.6. The Morgan fingerprint density at radius 2 is 1.49 bits per heavy atom. The number of nitrogens with zero attached hydrogens (tertiary/aromatic N) is 4. The third kappa shape index (κ3) is 5.14. The number of carbonyl (C=O) groups excluding carboxylic acids is 1. The van der Waals surface area contributed by atoms with E-state index < -0.39 is 16.1 Å². The average Bonchev–Trinajstić information content (AvgIpc) is 3.18. The third-order valence-electron chi connectivity index (χ3n) is 6.54. The second kappa shape index (κ2) is 10.0. The van der Waals surface area contributed by atoms with E-state index in [1.54, 1.807) is 18.2 Å². The van der Waals surface area contributed by atoms with Crippen molar-refractivity contribution in [1.82, 2.24) is 19.6 Å². The van der Waals surface area contributed by atoms with E-state index in [0.29, 0.717) is 18.8 Å². The molecule has 0 radical (unpaired) electrons. The number of hydrogen-bond donors (Lipinski definition) is 1. The molecule has 0 aliphatic carbocycles. The predicted molar refractivity (Wildman–Crippen MR) is 134 cm³/mol. The monoisotopic (exact) mass is 491 g/mol. The minimum atomic E-state index is -3.95. The second-order valence-corrected chi connectivity index (χ2v) is 10.6. The Labute approximate surface area is 206 Å². The van der Waals surface area contributed by atoms with Gasteiger partial charge in [-0.15, -0.1) is 0 Å². The highest BCUT2D eigenvalue weighted by molar-refractivity contribution is 7.90. The molecule has 9 heteroatoms. The zero-order valence-electron chi connectivity index (χ0n) is 19.6. The first kappa shape index (κ1) is 23.3. The molecule has 3 heterocycles. The lowest BCUT2D eigenvalue weighted by molar-refractivity contribution is 0.198. The molecule has 2 aromatic carbocycles. The van der Waals surface area contributed by atoms with Gasteiger partial charge in [0.2, 0.25) is 0 Å². The van der Waals surface area contributed by atoms with Gasteiger partial charge in [-0.05, 0) is 25.0 Å². The molecule has 0 spiro atoms. The molecular formula is C26H29N5O3S. The minimum Gasteiger partial charge on any atom is -0.356 e. The lowest BCUT2D eigenvalue weighted by Gasteiger charge is -2.32. The Kier molecular flexibility index (Phi) is 6.68. The van der Waals surface area contributed by atoms with Gasteiger partial charge < -0.3 is 9.80 Å². The first-order valence-corrected chi connectivity index (χ1v) is 13.6. The van der Waals surface area contributed by atoms with E-state index in [2.05, 4.69) is 9.62 Å². The molecule has 1 aromatic heterocycles. The van der Waals surface area contributed by atoms with E-state index in [9.17, 15) is 13.2 Å². The molecular weight excluding hydrogens is 462 g/mol. The van der Waals surface area contributed by atoms with Crippen molar-refractivity contribution in [3.8, 4) is 11.4 Å². The fourth-order valence-electron chi connectivity index (χ4n) is 4.67. The summed E-state index contributed by atoms with van der Waals surface area (Å²) in [7, 11) is -3.95. The van der Waals surface area contributed by atoms with Crippen LogP contribution in [0.4, 0.5) is 10.6 Å². The molecule has 8 nitrogen and oxygen atoms in total. The highest BCUT2D eigenvalue weighted by Gasteiger charge is 2.30. The molecule has 1 fully saturated rings. The number of urea groups is 1. The van der Waals surface area contributed by atoms with Crippen molar-refractivity contribution < 1.29 is 13.2 Å². The van der Waals surface area contributed by atoms with Crippen LogP contribution in [-0.2, 0) is 23.0 Å². The Hall–Kier alpha value is -3.46. The van der Waals surface area contributed by atoms with Crippen LogP contribution in [-0.4, -0.2) is 49.0 Å². The summed E-state index contributed by atoms with van der Waals surface area (Å²) in [6, 6.07) is 17.2. The van der Waals surface area contributed by atoms with Gasteiger partial charge in [0.25, 0.3) is 10.0 Å². The molecule has 5 rings (SSSR count). The van der Waals surface area contributed by atoms with Crippen molar-refractivity contribution in [3.63, 3.8) is 0 Å². The number of fused-ring (bicyclic) bond motifs is 1. The maximum atomic E-state index is 13.0. The van der Waals surface area contributed by atoms with E-state index in [0.717, 1.165) is 48.6 Å². The number of carbonyl (C=O) groups is 1. The molecule has 35 heavy (non-hydrogen) atoms. The van der Waals surface area contributed by atoms with Crippen LogP contribution in [0.2, 0.25) is 0 Å². The van der Waals surface area contributed by atoms with E-state index in [-0.39, 0.29) is 11.4 Å². The molecule has 1 N–H and O–H groups in total. The minimum absolute atomic E-state index is 0.0619. The molecule has 0 saturated carbocycles. The zero-order chi connectivity index (χ0) is 24.3. The van der Waals surface area contributed by atoms with Crippen LogP contribution in [0.3, 0.4) is 0 Å². The van der Waals surface area contributed by atoms with Crippen molar-refractivity contribution in [1.29, 1.82) is 0 Å². The second-order valence-electron chi connectivity index (χ2n) is 8.96. The Morgan fingerprint density at radius 1 is 0.829 bits per heavy atom. The standard InChI is InChI=1S/C26H29N5O3S/c32-26(29-35(33,34)21-13-7-4-8-14-21)31-18-15-23-22(19-31)25(30-16-9-1-2-10-17-30)28-24(27-23)20-11-5-3-6-12-20/h3-8,11-14H,1-2,9-10,15-19H2,(H,29,32). The van der Waals surface area contributed by atoms with Gasteiger partial charge in [0.1, 0.15) is 5.82 Å². The number of amides is 2. The van der Waals surface area contributed by atoms with Crippen LogP contribution < -0.4 is 9.62 Å².